The van der Waals surface area contributed by atoms with Crippen molar-refractivity contribution in [2.24, 2.45) is 5.92 Å². The maximum atomic E-state index is 11.4. The number of carbonyl (C=O) groups excluding carboxylic acids is 1. The number of aliphatic hydroxyl groups is 1. The standard InChI is InChI=1S/C13H18O3/c1-3-10(2)12(14)13(15)16-9-11-7-5-4-6-8-11/h4-8,10,12,14H,3,9H2,1-2H3/t10?,12-/m0/s1. The summed E-state index contributed by atoms with van der Waals surface area (Å²) in [5.41, 5.74) is 0.923. The van der Waals surface area contributed by atoms with Crippen molar-refractivity contribution in [1.29, 1.82) is 0 Å². The van der Waals surface area contributed by atoms with Gasteiger partial charge in [0.15, 0.2) is 6.10 Å². The lowest BCUT2D eigenvalue weighted by atomic mass is 10.0. The van der Waals surface area contributed by atoms with Gasteiger partial charge in [-0.25, -0.2) is 4.79 Å². The average molecular weight is 222 g/mol. The second-order valence-electron chi connectivity index (χ2n) is 3.92. The van der Waals surface area contributed by atoms with Gasteiger partial charge in [-0.2, -0.15) is 0 Å². The van der Waals surface area contributed by atoms with Crippen LogP contribution >= 0.6 is 0 Å². The maximum absolute atomic E-state index is 11.4. The molecule has 0 aliphatic rings. The van der Waals surface area contributed by atoms with E-state index in [0.29, 0.717) is 0 Å². The molecule has 0 aromatic heterocycles. The van der Waals surface area contributed by atoms with Crippen LogP contribution in [0.3, 0.4) is 0 Å². The van der Waals surface area contributed by atoms with Gasteiger partial charge in [0.2, 0.25) is 0 Å². The highest BCUT2D eigenvalue weighted by Crippen LogP contribution is 2.10. The Balaban J connectivity index is 2.41. The van der Waals surface area contributed by atoms with Gasteiger partial charge < -0.3 is 9.84 Å². The van der Waals surface area contributed by atoms with Crippen LogP contribution in [-0.4, -0.2) is 17.2 Å². The van der Waals surface area contributed by atoms with E-state index in [1.54, 1.807) is 0 Å². The Hall–Kier alpha value is -1.35. The topological polar surface area (TPSA) is 46.5 Å². The second-order valence-corrected chi connectivity index (χ2v) is 3.92. The minimum atomic E-state index is -1.02. The van der Waals surface area contributed by atoms with E-state index < -0.39 is 12.1 Å². The SMILES string of the molecule is CCC(C)[C@H](O)C(=O)OCc1ccccc1. The van der Waals surface area contributed by atoms with Crippen LogP contribution in [0.25, 0.3) is 0 Å². The second kappa shape index (κ2) is 6.28. The number of aliphatic hydroxyl groups excluding tert-OH is 1. The zero-order chi connectivity index (χ0) is 12.0. The van der Waals surface area contributed by atoms with Crippen LogP contribution < -0.4 is 0 Å². The fraction of sp³-hybridized carbons (Fsp3) is 0.462. The Kier molecular flexibility index (Phi) is 4.99. The molecule has 0 radical (unpaired) electrons. The Bertz CT molecular complexity index is 321. The Morgan fingerprint density at radius 2 is 2.00 bits per heavy atom. The van der Waals surface area contributed by atoms with Crippen molar-refractivity contribution >= 4 is 5.97 Å². The maximum Gasteiger partial charge on any atom is 0.335 e. The summed E-state index contributed by atoms with van der Waals surface area (Å²) in [6, 6.07) is 9.42. The molecule has 2 atom stereocenters. The van der Waals surface area contributed by atoms with E-state index in [0.717, 1.165) is 12.0 Å². The number of hydrogen-bond donors (Lipinski definition) is 1. The Morgan fingerprint density at radius 1 is 1.38 bits per heavy atom. The fourth-order valence-corrected chi connectivity index (χ4v) is 1.27. The zero-order valence-corrected chi connectivity index (χ0v) is 9.72. The largest absolute Gasteiger partial charge is 0.459 e. The van der Waals surface area contributed by atoms with E-state index in [1.807, 2.05) is 44.2 Å². The lowest BCUT2D eigenvalue weighted by Crippen LogP contribution is -2.29. The first-order valence-corrected chi connectivity index (χ1v) is 5.53. The van der Waals surface area contributed by atoms with Gasteiger partial charge in [0.25, 0.3) is 0 Å². The van der Waals surface area contributed by atoms with Gasteiger partial charge in [-0.05, 0) is 11.5 Å². The number of benzene rings is 1. The average Bonchev–Trinajstić information content (AvgIpc) is 2.35. The highest BCUT2D eigenvalue weighted by molar-refractivity contribution is 5.74. The molecule has 0 fully saturated rings. The molecule has 0 aliphatic carbocycles. The van der Waals surface area contributed by atoms with E-state index in [1.165, 1.54) is 0 Å². The molecule has 0 heterocycles. The summed E-state index contributed by atoms with van der Waals surface area (Å²) in [6.07, 6.45) is -0.268. The predicted octanol–water partition coefficient (Wildman–Crippen LogP) is 2.14. The van der Waals surface area contributed by atoms with E-state index in [4.69, 9.17) is 4.74 Å². The molecule has 16 heavy (non-hydrogen) atoms. The molecule has 3 heteroatoms. The summed E-state index contributed by atoms with van der Waals surface area (Å²) in [6.45, 7) is 3.97. The van der Waals surface area contributed by atoms with Crippen molar-refractivity contribution in [2.45, 2.75) is 33.0 Å². The first-order valence-electron chi connectivity index (χ1n) is 5.53. The molecule has 1 rings (SSSR count). The monoisotopic (exact) mass is 222 g/mol. The van der Waals surface area contributed by atoms with E-state index in [9.17, 15) is 9.90 Å². The molecule has 1 unspecified atom stereocenters. The molecular formula is C13H18O3. The van der Waals surface area contributed by atoms with Crippen molar-refractivity contribution in [1.82, 2.24) is 0 Å². The molecule has 0 saturated carbocycles. The molecule has 1 aromatic carbocycles. The summed E-state index contributed by atoms with van der Waals surface area (Å²) in [4.78, 5) is 11.4. The van der Waals surface area contributed by atoms with Gasteiger partial charge >= 0.3 is 5.97 Å². The van der Waals surface area contributed by atoms with Crippen LogP contribution in [0.15, 0.2) is 30.3 Å². The lowest BCUT2D eigenvalue weighted by Gasteiger charge is -2.15. The molecule has 0 spiro atoms. The summed E-state index contributed by atoms with van der Waals surface area (Å²) in [7, 11) is 0. The fourth-order valence-electron chi connectivity index (χ4n) is 1.27. The highest BCUT2D eigenvalue weighted by atomic mass is 16.5. The molecule has 0 amide bonds. The van der Waals surface area contributed by atoms with Gasteiger partial charge in [-0.15, -0.1) is 0 Å². The summed E-state index contributed by atoms with van der Waals surface area (Å²) < 4.78 is 5.02. The van der Waals surface area contributed by atoms with Crippen LogP contribution in [0.2, 0.25) is 0 Å². The van der Waals surface area contributed by atoms with E-state index in [-0.39, 0.29) is 12.5 Å². The molecule has 3 nitrogen and oxygen atoms in total. The normalized spacial score (nSPS) is 14.2. The number of hydrogen-bond acceptors (Lipinski definition) is 3. The van der Waals surface area contributed by atoms with Crippen LogP contribution in [0.4, 0.5) is 0 Å². The number of rotatable bonds is 5. The Morgan fingerprint density at radius 3 is 2.56 bits per heavy atom. The predicted molar refractivity (Wildman–Crippen MR) is 61.7 cm³/mol. The first kappa shape index (κ1) is 12.7. The summed E-state index contributed by atoms with van der Waals surface area (Å²) in [5, 5.41) is 9.59. The molecule has 0 aliphatic heterocycles. The first-order chi connectivity index (χ1) is 7.65. The number of esters is 1. The van der Waals surface area contributed by atoms with Gasteiger partial charge in [0.05, 0.1) is 0 Å². The van der Waals surface area contributed by atoms with Gasteiger partial charge in [-0.3, -0.25) is 0 Å². The van der Waals surface area contributed by atoms with Crippen LogP contribution in [0.5, 0.6) is 0 Å². The van der Waals surface area contributed by atoms with Crippen molar-refractivity contribution in [3.05, 3.63) is 35.9 Å². The van der Waals surface area contributed by atoms with E-state index >= 15 is 0 Å². The molecule has 1 aromatic rings. The van der Waals surface area contributed by atoms with Crippen molar-refractivity contribution < 1.29 is 14.6 Å². The molecule has 0 bridgehead atoms. The quantitative estimate of drug-likeness (QED) is 0.776. The van der Waals surface area contributed by atoms with E-state index in [2.05, 4.69) is 0 Å². The van der Waals surface area contributed by atoms with Gasteiger partial charge in [0, 0.05) is 0 Å². The Labute approximate surface area is 96.1 Å². The smallest absolute Gasteiger partial charge is 0.335 e. The molecule has 1 N–H and O–H groups in total. The minimum Gasteiger partial charge on any atom is -0.459 e. The molecular weight excluding hydrogens is 204 g/mol. The van der Waals surface area contributed by atoms with Crippen molar-refractivity contribution in [3.63, 3.8) is 0 Å². The highest BCUT2D eigenvalue weighted by Gasteiger charge is 2.22. The third-order valence-corrected chi connectivity index (χ3v) is 2.65. The third-order valence-electron chi connectivity index (χ3n) is 2.65. The summed E-state index contributed by atoms with van der Waals surface area (Å²) >= 11 is 0. The van der Waals surface area contributed by atoms with Gasteiger partial charge in [0.1, 0.15) is 6.61 Å². The minimum absolute atomic E-state index is 0.0664. The molecule has 0 saturated heterocycles. The van der Waals surface area contributed by atoms with Crippen molar-refractivity contribution in [3.8, 4) is 0 Å². The van der Waals surface area contributed by atoms with Crippen LogP contribution in [0, 0.1) is 5.92 Å². The van der Waals surface area contributed by atoms with Crippen LogP contribution in [0.1, 0.15) is 25.8 Å². The van der Waals surface area contributed by atoms with Crippen molar-refractivity contribution in [2.75, 3.05) is 0 Å². The summed E-state index contributed by atoms with van der Waals surface area (Å²) in [5.74, 6) is -0.610. The number of carbonyl (C=O) groups is 1. The molecule has 88 valence electrons. The lowest BCUT2D eigenvalue weighted by molar-refractivity contribution is -0.157. The number of ether oxygens (including phenoxy) is 1. The third kappa shape index (κ3) is 3.66. The zero-order valence-electron chi connectivity index (χ0n) is 9.72. The van der Waals surface area contributed by atoms with Crippen LogP contribution in [-0.2, 0) is 16.1 Å². The van der Waals surface area contributed by atoms with Gasteiger partial charge in [-0.1, -0.05) is 50.6 Å².